The lowest BCUT2D eigenvalue weighted by molar-refractivity contribution is -0.142. The minimum atomic E-state index is -1.47. The Balaban J connectivity index is 4.03. The second-order valence-electron chi connectivity index (χ2n) is 4.05. The van der Waals surface area contributed by atoms with E-state index in [9.17, 15) is 9.59 Å². The predicted octanol–water partition coefficient (Wildman–Crippen LogP) is -0.0493. The van der Waals surface area contributed by atoms with Crippen LogP contribution in [-0.2, 0) is 9.59 Å². The number of carboxylic acids is 1. The van der Waals surface area contributed by atoms with E-state index in [4.69, 9.17) is 10.8 Å². The molecule has 0 bridgehead atoms. The zero-order valence-electron chi connectivity index (χ0n) is 8.83. The molecule has 0 aromatic heterocycles. The highest BCUT2D eigenvalue weighted by atomic mass is 16.4. The van der Waals surface area contributed by atoms with Gasteiger partial charge in [-0.05, 0) is 11.8 Å². The Hall–Kier alpha value is -1.10. The van der Waals surface area contributed by atoms with E-state index in [0.29, 0.717) is 6.54 Å². The fourth-order valence-corrected chi connectivity index (χ4v) is 0.673. The van der Waals surface area contributed by atoms with Gasteiger partial charge in [0.25, 0.3) is 0 Å². The monoisotopic (exact) mass is 202 g/mol. The first kappa shape index (κ1) is 12.9. The second kappa shape index (κ2) is 4.95. The highest BCUT2D eigenvalue weighted by Gasteiger charge is 2.23. The number of rotatable bonds is 5. The quantitative estimate of drug-likeness (QED) is 0.545. The Labute approximate surface area is 83.7 Å². The van der Waals surface area contributed by atoms with Gasteiger partial charge in [0, 0.05) is 6.54 Å². The van der Waals surface area contributed by atoms with Gasteiger partial charge in [0.05, 0.1) is 0 Å². The summed E-state index contributed by atoms with van der Waals surface area (Å²) in [7, 11) is 0. The second-order valence-corrected chi connectivity index (χ2v) is 4.05. The molecule has 5 heteroatoms. The smallest absolute Gasteiger partial charge is 0.330 e. The molecule has 82 valence electrons. The van der Waals surface area contributed by atoms with Gasteiger partial charge >= 0.3 is 5.97 Å². The summed E-state index contributed by atoms with van der Waals surface area (Å²) in [4.78, 5) is 21.5. The molecule has 0 radical (unpaired) electrons. The zero-order chi connectivity index (χ0) is 11.4. The summed E-state index contributed by atoms with van der Waals surface area (Å²) in [6, 6.07) is -1.47. The fraction of sp³-hybridized carbons (Fsp3) is 0.778. The first-order valence-corrected chi connectivity index (χ1v) is 4.56. The third kappa shape index (κ3) is 4.23. The number of aliphatic carboxylic acids is 1. The fourth-order valence-electron chi connectivity index (χ4n) is 0.673. The molecule has 1 atom stereocenters. The van der Waals surface area contributed by atoms with E-state index in [1.54, 1.807) is 0 Å². The van der Waals surface area contributed by atoms with Gasteiger partial charge in [0.2, 0.25) is 5.91 Å². The molecule has 0 aromatic carbocycles. The van der Waals surface area contributed by atoms with Crippen LogP contribution in [0.1, 0.15) is 27.2 Å². The van der Waals surface area contributed by atoms with Gasteiger partial charge in [0.1, 0.15) is 0 Å². The van der Waals surface area contributed by atoms with Gasteiger partial charge in [0.15, 0.2) is 6.04 Å². The zero-order valence-corrected chi connectivity index (χ0v) is 8.83. The molecule has 0 spiro atoms. The first-order chi connectivity index (χ1) is 6.30. The Bertz CT molecular complexity index is 226. The van der Waals surface area contributed by atoms with Gasteiger partial charge in [-0.2, -0.15) is 0 Å². The topological polar surface area (TPSA) is 92.4 Å². The number of carbonyl (C=O) groups excluding carboxylic acids is 1. The summed E-state index contributed by atoms with van der Waals surface area (Å²) in [5.41, 5.74) is 5.09. The van der Waals surface area contributed by atoms with E-state index in [0.717, 1.165) is 6.42 Å². The summed E-state index contributed by atoms with van der Waals surface area (Å²) in [5.74, 6) is -1.95. The normalized spacial score (nSPS) is 13.4. The van der Waals surface area contributed by atoms with Gasteiger partial charge < -0.3 is 16.2 Å². The van der Waals surface area contributed by atoms with E-state index >= 15 is 0 Å². The summed E-state index contributed by atoms with van der Waals surface area (Å²) < 4.78 is 0. The average molecular weight is 202 g/mol. The molecule has 0 rings (SSSR count). The molecular formula is C9H18N2O3. The molecule has 0 aromatic rings. The lowest BCUT2D eigenvalue weighted by Gasteiger charge is -2.23. The van der Waals surface area contributed by atoms with E-state index < -0.39 is 17.9 Å². The van der Waals surface area contributed by atoms with Crippen molar-refractivity contribution in [3.8, 4) is 0 Å². The van der Waals surface area contributed by atoms with Crippen LogP contribution in [0.4, 0.5) is 0 Å². The molecule has 1 unspecified atom stereocenters. The van der Waals surface area contributed by atoms with Crippen molar-refractivity contribution in [3.05, 3.63) is 0 Å². The first-order valence-electron chi connectivity index (χ1n) is 4.56. The van der Waals surface area contributed by atoms with Crippen LogP contribution < -0.4 is 11.1 Å². The van der Waals surface area contributed by atoms with Crippen molar-refractivity contribution in [2.75, 3.05) is 6.54 Å². The Morgan fingerprint density at radius 3 is 2.36 bits per heavy atom. The molecule has 14 heavy (non-hydrogen) atoms. The van der Waals surface area contributed by atoms with E-state index in [-0.39, 0.29) is 5.41 Å². The highest BCUT2D eigenvalue weighted by Crippen LogP contribution is 2.17. The van der Waals surface area contributed by atoms with Crippen LogP contribution in [0.2, 0.25) is 0 Å². The number of hydrogen-bond donors (Lipinski definition) is 3. The molecule has 0 aliphatic rings. The summed E-state index contributed by atoms with van der Waals surface area (Å²) >= 11 is 0. The minimum absolute atomic E-state index is 0.0338. The summed E-state index contributed by atoms with van der Waals surface area (Å²) in [5, 5.41) is 11.0. The van der Waals surface area contributed by atoms with Crippen molar-refractivity contribution < 1.29 is 14.7 Å². The standard InChI is InChI=1S/C9H18N2O3/c1-4-9(2,3)5-11-7(12)6(10)8(13)14/h6H,4-5,10H2,1-3H3,(H,11,12)(H,13,14). The Kier molecular flexibility index (Phi) is 4.56. The maximum atomic E-state index is 11.1. The number of carboxylic acid groups (broad SMARTS) is 1. The SMILES string of the molecule is CCC(C)(C)CNC(=O)C(N)C(=O)O. The number of hydrogen-bond acceptors (Lipinski definition) is 3. The average Bonchev–Trinajstić information content (AvgIpc) is 2.13. The minimum Gasteiger partial charge on any atom is -0.480 e. The lowest BCUT2D eigenvalue weighted by Crippen LogP contribution is -2.48. The molecular weight excluding hydrogens is 184 g/mol. The molecule has 0 saturated heterocycles. The molecule has 0 aliphatic carbocycles. The highest BCUT2D eigenvalue weighted by molar-refractivity contribution is 6.00. The van der Waals surface area contributed by atoms with Crippen molar-refractivity contribution in [2.45, 2.75) is 33.2 Å². The number of nitrogens with one attached hydrogen (secondary N) is 1. The largest absolute Gasteiger partial charge is 0.480 e. The number of carbonyl (C=O) groups is 2. The van der Waals surface area contributed by atoms with Crippen LogP contribution in [0.25, 0.3) is 0 Å². The third-order valence-electron chi connectivity index (χ3n) is 2.25. The van der Waals surface area contributed by atoms with Crippen molar-refractivity contribution in [1.29, 1.82) is 0 Å². The molecule has 0 fully saturated rings. The third-order valence-corrected chi connectivity index (χ3v) is 2.25. The van der Waals surface area contributed by atoms with Crippen molar-refractivity contribution in [3.63, 3.8) is 0 Å². The molecule has 1 amide bonds. The Morgan fingerprint density at radius 2 is 2.00 bits per heavy atom. The van der Waals surface area contributed by atoms with Crippen LogP contribution in [-0.4, -0.2) is 29.6 Å². The van der Waals surface area contributed by atoms with Crippen LogP contribution in [0, 0.1) is 5.41 Å². The molecule has 4 N–H and O–H groups in total. The van der Waals surface area contributed by atoms with Crippen molar-refractivity contribution >= 4 is 11.9 Å². The van der Waals surface area contributed by atoms with Gasteiger partial charge in [-0.3, -0.25) is 4.79 Å². The Morgan fingerprint density at radius 1 is 1.50 bits per heavy atom. The van der Waals surface area contributed by atoms with Crippen LogP contribution in [0.3, 0.4) is 0 Å². The van der Waals surface area contributed by atoms with Gasteiger partial charge in [-0.25, -0.2) is 4.79 Å². The van der Waals surface area contributed by atoms with E-state index in [1.165, 1.54) is 0 Å². The maximum Gasteiger partial charge on any atom is 0.330 e. The van der Waals surface area contributed by atoms with Gasteiger partial charge in [-0.15, -0.1) is 0 Å². The number of amides is 1. The summed E-state index contributed by atoms with van der Waals surface area (Å²) in [6.45, 7) is 6.41. The van der Waals surface area contributed by atoms with Crippen molar-refractivity contribution in [2.24, 2.45) is 11.1 Å². The van der Waals surface area contributed by atoms with E-state index in [1.807, 2.05) is 20.8 Å². The lowest BCUT2D eigenvalue weighted by atomic mass is 9.90. The molecule has 5 nitrogen and oxygen atoms in total. The predicted molar refractivity (Wildman–Crippen MR) is 52.7 cm³/mol. The summed E-state index contributed by atoms with van der Waals surface area (Å²) in [6.07, 6.45) is 0.898. The molecule has 0 saturated carbocycles. The van der Waals surface area contributed by atoms with Crippen LogP contribution in [0.15, 0.2) is 0 Å². The van der Waals surface area contributed by atoms with Gasteiger partial charge in [-0.1, -0.05) is 20.8 Å². The van der Waals surface area contributed by atoms with Crippen LogP contribution in [0.5, 0.6) is 0 Å². The molecule has 0 heterocycles. The maximum absolute atomic E-state index is 11.1. The van der Waals surface area contributed by atoms with Crippen LogP contribution >= 0.6 is 0 Å². The van der Waals surface area contributed by atoms with Crippen molar-refractivity contribution in [1.82, 2.24) is 5.32 Å². The van der Waals surface area contributed by atoms with E-state index in [2.05, 4.69) is 5.32 Å². The molecule has 0 aliphatic heterocycles. The number of nitrogens with two attached hydrogens (primary N) is 1.